The summed E-state index contributed by atoms with van der Waals surface area (Å²) in [5.41, 5.74) is 7.42. The Labute approximate surface area is 328 Å². The van der Waals surface area contributed by atoms with Crippen molar-refractivity contribution in [3.63, 3.8) is 0 Å². The van der Waals surface area contributed by atoms with E-state index in [1.54, 1.807) is 42.5 Å². The van der Waals surface area contributed by atoms with Crippen LogP contribution in [0.25, 0.3) is 0 Å². The van der Waals surface area contributed by atoms with Crippen molar-refractivity contribution < 1.29 is 28.8 Å². The van der Waals surface area contributed by atoms with E-state index in [1.807, 2.05) is 6.07 Å². The smallest absolute Gasteiger partial charge is 0.271 e. The van der Waals surface area contributed by atoms with E-state index in [2.05, 4.69) is 40.3 Å². The SMILES string of the molecule is Cn1cc(Nc2nc(N3CCCC(N4CCC5(CCN(CC6CN(c7ccc8c(c7)C(=O)N(C7CCC(=O)NC7=O)C8=O)C6)CC5)C4=O)C3)cnc2C(N)=O)cn1. The summed E-state index contributed by atoms with van der Waals surface area (Å²) in [6.07, 6.45) is 9.54. The lowest BCUT2D eigenvalue weighted by Gasteiger charge is -2.46. The van der Waals surface area contributed by atoms with Crippen LogP contribution in [0.1, 0.15) is 76.2 Å². The predicted molar refractivity (Wildman–Crippen MR) is 206 cm³/mol. The molecule has 2 aromatic heterocycles. The van der Waals surface area contributed by atoms with E-state index >= 15 is 0 Å². The number of aromatic nitrogens is 4. The predicted octanol–water partition coefficient (Wildman–Crippen LogP) is 0.874. The van der Waals surface area contributed by atoms with E-state index in [1.165, 1.54) is 0 Å². The number of anilines is 4. The second-order valence-electron chi connectivity index (χ2n) is 16.3. The molecular formula is C39H46N12O6. The van der Waals surface area contributed by atoms with Crippen molar-refractivity contribution in [2.45, 2.75) is 57.0 Å². The third kappa shape index (κ3) is 6.64. The van der Waals surface area contributed by atoms with Gasteiger partial charge in [-0.1, -0.05) is 0 Å². The molecule has 4 N–H and O–H groups in total. The number of amides is 6. The Morgan fingerprint density at radius 2 is 1.72 bits per heavy atom. The van der Waals surface area contributed by atoms with Crippen molar-refractivity contribution in [2.24, 2.45) is 24.1 Å². The highest BCUT2D eigenvalue weighted by atomic mass is 16.2. The van der Waals surface area contributed by atoms with Crippen LogP contribution in [0.4, 0.5) is 23.0 Å². The molecule has 0 aliphatic carbocycles. The van der Waals surface area contributed by atoms with E-state index in [9.17, 15) is 28.8 Å². The Morgan fingerprint density at radius 3 is 2.46 bits per heavy atom. The average molecular weight is 779 g/mol. The summed E-state index contributed by atoms with van der Waals surface area (Å²) >= 11 is 0. The van der Waals surface area contributed by atoms with Gasteiger partial charge in [-0.15, -0.1) is 0 Å². The Kier molecular flexibility index (Phi) is 9.17. The minimum atomic E-state index is -0.984. The molecular weight excluding hydrogens is 733 g/mol. The highest BCUT2D eigenvalue weighted by Crippen LogP contribution is 2.44. The van der Waals surface area contributed by atoms with Gasteiger partial charge in [0.15, 0.2) is 11.5 Å². The quantitative estimate of drug-likeness (QED) is 0.258. The van der Waals surface area contributed by atoms with Gasteiger partial charge in [0.1, 0.15) is 11.9 Å². The number of nitrogens with two attached hydrogens (primary N) is 1. The van der Waals surface area contributed by atoms with Gasteiger partial charge in [-0.25, -0.2) is 9.97 Å². The van der Waals surface area contributed by atoms with Crippen LogP contribution in [0.3, 0.4) is 0 Å². The summed E-state index contributed by atoms with van der Waals surface area (Å²) in [6, 6.07) is 4.34. The van der Waals surface area contributed by atoms with E-state index < -0.39 is 35.6 Å². The highest BCUT2D eigenvalue weighted by Gasteiger charge is 2.51. The number of benzene rings is 1. The molecule has 6 aliphatic rings. The lowest BCUT2D eigenvalue weighted by atomic mass is 9.76. The topological polar surface area (TPSA) is 212 Å². The van der Waals surface area contributed by atoms with Crippen LogP contribution >= 0.6 is 0 Å². The van der Waals surface area contributed by atoms with Crippen molar-refractivity contribution in [3.05, 3.63) is 53.6 Å². The summed E-state index contributed by atoms with van der Waals surface area (Å²) in [5.74, 6) is -1.11. The summed E-state index contributed by atoms with van der Waals surface area (Å²) < 4.78 is 1.64. The first-order valence-electron chi connectivity index (χ1n) is 19.8. The summed E-state index contributed by atoms with van der Waals surface area (Å²) in [7, 11) is 1.80. The number of nitrogens with zero attached hydrogens (tertiary/aromatic N) is 9. The molecule has 8 heterocycles. The number of carbonyl (C=O) groups excluding carboxylic acids is 6. The first-order valence-corrected chi connectivity index (χ1v) is 19.8. The van der Waals surface area contributed by atoms with Gasteiger partial charge in [-0.2, -0.15) is 5.10 Å². The molecule has 6 aliphatic heterocycles. The monoisotopic (exact) mass is 778 g/mol. The Morgan fingerprint density at radius 1 is 0.947 bits per heavy atom. The van der Waals surface area contributed by atoms with E-state index in [4.69, 9.17) is 10.7 Å². The molecule has 2 atom stereocenters. The fourth-order valence-corrected chi connectivity index (χ4v) is 9.58. The molecule has 0 radical (unpaired) electrons. The van der Waals surface area contributed by atoms with Crippen molar-refractivity contribution in [2.75, 3.05) is 67.5 Å². The van der Waals surface area contributed by atoms with Crippen LogP contribution < -0.4 is 26.2 Å². The molecule has 298 valence electrons. The number of hydrogen-bond acceptors (Lipinski definition) is 13. The third-order valence-corrected chi connectivity index (χ3v) is 12.7. The van der Waals surface area contributed by atoms with E-state index in [0.29, 0.717) is 29.5 Å². The first kappa shape index (κ1) is 36.7. The minimum Gasteiger partial charge on any atom is -0.371 e. The third-order valence-electron chi connectivity index (χ3n) is 12.7. The van der Waals surface area contributed by atoms with Gasteiger partial charge in [0, 0.05) is 76.6 Å². The maximum Gasteiger partial charge on any atom is 0.271 e. The molecule has 2 unspecified atom stereocenters. The van der Waals surface area contributed by atoms with Gasteiger partial charge in [0.25, 0.3) is 17.7 Å². The van der Waals surface area contributed by atoms with E-state index in [0.717, 1.165) is 88.5 Å². The Bertz CT molecular complexity index is 2170. The van der Waals surface area contributed by atoms with Crippen LogP contribution in [0.2, 0.25) is 0 Å². The molecule has 3 aromatic rings. The number of hydrogen-bond donors (Lipinski definition) is 3. The van der Waals surface area contributed by atoms with Gasteiger partial charge < -0.3 is 30.7 Å². The molecule has 18 nitrogen and oxygen atoms in total. The minimum absolute atomic E-state index is 0.0471. The molecule has 0 bridgehead atoms. The van der Waals surface area contributed by atoms with Gasteiger partial charge in [-0.3, -0.25) is 43.7 Å². The van der Waals surface area contributed by atoms with Crippen molar-refractivity contribution in [1.29, 1.82) is 0 Å². The number of imide groups is 2. The van der Waals surface area contributed by atoms with Crippen LogP contribution in [-0.4, -0.2) is 134 Å². The molecule has 18 heteroatoms. The van der Waals surface area contributed by atoms with Crippen LogP contribution in [-0.2, 0) is 21.4 Å². The lowest BCUT2D eigenvalue weighted by Crippen LogP contribution is -2.54. The van der Waals surface area contributed by atoms with Crippen LogP contribution in [0.5, 0.6) is 0 Å². The molecule has 57 heavy (non-hydrogen) atoms. The molecule has 0 saturated carbocycles. The Balaban J connectivity index is 0.771. The van der Waals surface area contributed by atoms with Crippen LogP contribution in [0, 0.1) is 11.3 Å². The second-order valence-corrected chi connectivity index (χ2v) is 16.3. The molecule has 6 amide bonds. The largest absolute Gasteiger partial charge is 0.371 e. The van der Waals surface area contributed by atoms with E-state index in [-0.39, 0.29) is 47.3 Å². The first-order chi connectivity index (χ1) is 27.5. The van der Waals surface area contributed by atoms with Crippen molar-refractivity contribution >= 4 is 58.5 Å². The molecule has 9 rings (SSSR count). The maximum absolute atomic E-state index is 14.2. The molecule has 1 spiro atoms. The zero-order chi connectivity index (χ0) is 39.6. The highest BCUT2D eigenvalue weighted by molar-refractivity contribution is 6.23. The summed E-state index contributed by atoms with van der Waals surface area (Å²) in [6.45, 7) is 6.45. The van der Waals surface area contributed by atoms with Gasteiger partial charge in [-0.05, 0) is 69.8 Å². The summed E-state index contributed by atoms with van der Waals surface area (Å²) in [5, 5.41) is 9.53. The molecule has 5 fully saturated rings. The van der Waals surface area contributed by atoms with Crippen LogP contribution in [0.15, 0.2) is 36.8 Å². The normalized spacial score (nSPS) is 24.0. The standard InChI is InChI=1S/C39H46N12O6/c1-46-21-24(16-42-46)43-34-32(33(40)53)41-17-30(44-34)48-11-2-3-26(22-48)50-14-10-39(38(50)57)8-12-47(13-9-39)18-23-19-49(20-23)25-4-5-27-28(15-25)37(56)51(36(27)55)29-6-7-31(52)45-35(29)54/h4-5,15-17,21,23,26,29H,2-3,6-14,18-20,22H2,1H3,(H2,40,53)(H,43,44)(H,45,52,54). The fourth-order valence-electron chi connectivity index (χ4n) is 9.58. The molecule has 1 aromatic carbocycles. The van der Waals surface area contributed by atoms with Gasteiger partial charge >= 0.3 is 0 Å². The fraction of sp³-hybridized carbons (Fsp3) is 0.513. The number of rotatable bonds is 9. The van der Waals surface area contributed by atoms with Gasteiger partial charge in [0.05, 0.1) is 34.6 Å². The summed E-state index contributed by atoms with van der Waals surface area (Å²) in [4.78, 5) is 95.8. The average Bonchev–Trinajstić information content (AvgIpc) is 3.82. The number of nitrogens with one attached hydrogen (secondary N) is 2. The second kappa shape index (κ2) is 14.2. The number of primary amides is 1. The van der Waals surface area contributed by atoms with Gasteiger partial charge in [0.2, 0.25) is 17.7 Å². The Hall–Kier alpha value is -5.91. The lowest BCUT2D eigenvalue weighted by molar-refractivity contribution is -0.140. The van der Waals surface area contributed by atoms with Crippen molar-refractivity contribution in [1.82, 2.24) is 39.8 Å². The zero-order valence-electron chi connectivity index (χ0n) is 31.9. The maximum atomic E-state index is 14.2. The van der Waals surface area contributed by atoms with Crippen molar-refractivity contribution in [3.8, 4) is 0 Å². The number of piperidine rings is 3. The molecule has 5 saturated heterocycles. The number of carbonyl (C=O) groups is 6. The number of likely N-dealkylation sites (tertiary alicyclic amines) is 2. The number of fused-ring (bicyclic) bond motifs is 1. The number of aryl methyl sites for hydroxylation is 1. The zero-order valence-corrected chi connectivity index (χ0v) is 31.9.